The van der Waals surface area contributed by atoms with Gasteiger partial charge in [0.15, 0.2) is 5.13 Å². The zero-order valence-corrected chi connectivity index (χ0v) is 13.5. The van der Waals surface area contributed by atoms with Crippen LogP contribution in [0.15, 0.2) is 17.5 Å². The molecule has 0 aliphatic rings. The summed E-state index contributed by atoms with van der Waals surface area (Å²) in [6.07, 6.45) is 0. The van der Waals surface area contributed by atoms with Crippen molar-refractivity contribution in [3.8, 4) is 10.6 Å². The van der Waals surface area contributed by atoms with E-state index in [0.717, 1.165) is 10.6 Å². The summed E-state index contributed by atoms with van der Waals surface area (Å²) in [6.45, 7) is 2.24. The normalized spacial score (nSPS) is 11.8. The number of carbonyl (C=O) groups is 1. The number of nitrogens with two attached hydrogens (primary N) is 1. The highest BCUT2D eigenvalue weighted by Gasteiger charge is 2.15. The number of amides is 1. The average Bonchev–Trinajstić information content (AvgIpc) is 2.98. The highest BCUT2D eigenvalue weighted by atomic mass is 35.5. The molecule has 1 amide bonds. The Morgan fingerprint density at radius 1 is 1.55 bits per heavy atom. The van der Waals surface area contributed by atoms with Crippen LogP contribution in [-0.4, -0.2) is 30.6 Å². The molecule has 2 rings (SSSR count). The number of carbonyl (C=O) groups excluding carboxylic acids is 1. The maximum Gasteiger partial charge on any atom is 0.245 e. The Bertz CT molecular complexity index is 571. The summed E-state index contributed by atoms with van der Waals surface area (Å²) >= 11 is 3.06. The third-order valence-corrected chi connectivity index (χ3v) is 4.19. The van der Waals surface area contributed by atoms with Crippen LogP contribution in [0.1, 0.15) is 4.88 Å². The summed E-state index contributed by atoms with van der Waals surface area (Å²) in [4.78, 5) is 18.4. The Hall–Kier alpha value is -0.990. The smallest absolute Gasteiger partial charge is 0.245 e. The summed E-state index contributed by atoms with van der Waals surface area (Å²) in [5, 5.41) is 5.16. The summed E-state index contributed by atoms with van der Waals surface area (Å²) in [5.74, 6) is -0.287. The van der Waals surface area contributed by atoms with E-state index in [4.69, 9.17) is 10.5 Å². The second-order valence-corrected chi connectivity index (χ2v) is 6.15. The molecule has 1 unspecified atom stereocenters. The van der Waals surface area contributed by atoms with Crippen molar-refractivity contribution in [2.45, 2.75) is 13.0 Å². The van der Waals surface area contributed by atoms with Crippen LogP contribution in [0.3, 0.4) is 0 Å². The minimum absolute atomic E-state index is 0. The summed E-state index contributed by atoms with van der Waals surface area (Å²) < 4.78 is 4.84. The molecule has 110 valence electrons. The number of thiazole rings is 1. The lowest BCUT2D eigenvalue weighted by atomic mass is 10.3. The maximum absolute atomic E-state index is 11.7. The number of thiophene rings is 1. The second-order valence-electron chi connectivity index (χ2n) is 4.00. The van der Waals surface area contributed by atoms with Crippen LogP contribution in [0, 0.1) is 6.92 Å². The van der Waals surface area contributed by atoms with E-state index in [9.17, 15) is 4.79 Å². The first-order chi connectivity index (χ1) is 9.10. The van der Waals surface area contributed by atoms with Crippen LogP contribution in [0.25, 0.3) is 10.6 Å². The van der Waals surface area contributed by atoms with Crippen LogP contribution >= 0.6 is 35.1 Å². The number of aryl methyl sites for hydroxylation is 1. The number of hydrogen-bond donors (Lipinski definition) is 2. The lowest BCUT2D eigenvalue weighted by molar-refractivity contribution is -0.118. The number of anilines is 1. The fourth-order valence-electron chi connectivity index (χ4n) is 1.47. The highest BCUT2D eigenvalue weighted by molar-refractivity contribution is 7.17. The molecule has 0 saturated heterocycles. The largest absolute Gasteiger partial charge is 0.383 e. The number of nitrogens with zero attached hydrogens (tertiary/aromatic N) is 1. The quantitative estimate of drug-likeness (QED) is 0.881. The van der Waals surface area contributed by atoms with E-state index in [0.29, 0.717) is 5.13 Å². The van der Waals surface area contributed by atoms with Gasteiger partial charge in [0.25, 0.3) is 0 Å². The number of hydrogen-bond acceptors (Lipinski definition) is 6. The first-order valence-corrected chi connectivity index (χ1v) is 7.37. The van der Waals surface area contributed by atoms with Gasteiger partial charge >= 0.3 is 0 Å². The van der Waals surface area contributed by atoms with Crippen LogP contribution in [-0.2, 0) is 9.53 Å². The topological polar surface area (TPSA) is 77.2 Å². The molecule has 0 fully saturated rings. The highest BCUT2D eigenvalue weighted by Crippen LogP contribution is 2.30. The molecule has 2 heterocycles. The van der Waals surface area contributed by atoms with Crippen molar-refractivity contribution in [3.05, 3.63) is 22.4 Å². The van der Waals surface area contributed by atoms with Crippen molar-refractivity contribution in [1.29, 1.82) is 0 Å². The fourth-order valence-corrected chi connectivity index (χ4v) is 3.09. The number of methoxy groups -OCH3 is 1. The summed E-state index contributed by atoms with van der Waals surface area (Å²) in [6, 6.07) is 3.39. The molecule has 0 aliphatic heterocycles. The predicted octanol–water partition coefficient (Wildman–Crippen LogP) is 2.51. The van der Waals surface area contributed by atoms with Crippen molar-refractivity contribution in [2.75, 3.05) is 19.0 Å². The van der Waals surface area contributed by atoms with Gasteiger partial charge < -0.3 is 15.8 Å². The van der Waals surface area contributed by atoms with Gasteiger partial charge in [0.1, 0.15) is 6.04 Å². The van der Waals surface area contributed by atoms with Gasteiger partial charge in [-0.2, -0.15) is 0 Å². The van der Waals surface area contributed by atoms with Gasteiger partial charge in [-0.25, -0.2) is 4.98 Å². The van der Waals surface area contributed by atoms with Crippen molar-refractivity contribution in [3.63, 3.8) is 0 Å². The Kier molecular flexibility index (Phi) is 6.57. The zero-order valence-electron chi connectivity index (χ0n) is 11.1. The SMILES string of the molecule is COCC(N)C(=O)Nc1nc(-c2ccc(C)s2)cs1.Cl. The molecule has 20 heavy (non-hydrogen) atoms. The number of aromatic nitrogens is 1. The standard InChI is InChI=1S/C12H15N3O2S2.ClH/c1-7-3-4-10(19-7)9-6-18-12(14-9)15-11(16)8(13)5-17-2;/h3-4,6,8H,5,13H2,1-2H3,(H,14,15,16);1H. The number of rotatable bonds is 5. The van der Waals surface area contributed by atoms with Crippen LogP contribution in [0.2, 0.25) is 0 Å². The molecular formula is C12H16ClN3O2S2. The van der Waals surface area contributed by atoms with E-state index in [-0.39, 0.29) is 24.9 Å². The lowest BCUT2D eigenvalue weighted by Crippen LogP contribution is -2.39. The third-order valence-electron chi connectivity index (χ3n) is 2.41. The molecule has 0 radical (unpaired) electrons. The third kappa shape index (κ3) is 4.26. The Labute approximate surface area is 131 Å². The first kappa shape index (κ1) is 17.1. The van der Waals surface area contributed by atoms with Gasteiger partial charge in [-0.15, -0.1) is 35.1 Å². The van der Waals surface area contributed by atoms with Gasteiger partial charge in [0, 0.05) is 17.4 Å². The van der Waals surface area contributed by atoms with Crippen molar-refractivity contribution in [1.82, 2.24) is 4.98 Å². The molecule has 0 aromatic carbocycles. The van der Waals surface area contributed by atoms with Gasteiger partial charge in [-0.1, -0.05) is 0 Å². The van der Waals surface area contributed by atoms with Gasteiger partial charge in [-0.05, 0) is 19.1 Å². The number of nitrogens with one attached hydrogen (secondary N) is 1. The molecule has 2 aromatic heterocycles. The van der Waals surface area contributed by atoms with Gasteiger partial charge in [-0.3, -0.25) is 4.79 Å². The molecule has 5 nitrogen and oxygen atoms in total. The molecule has 2 aromatic rings. The Balaban J connectivity index is 0.00000200. The fraction of sp³-hybridized carbons (Fsp3) is 0.333. The van der Waals surface area contributed by atoms with Crippen molar-refractivity contribution in [2.24, 2.45) is 5.73 Å². The maximum atomic E-state index is 11.7. The Morgan fingerprint density at radius 3 is 2.90 bits per heavy atom. The first-order valence-electron chi connectivity index (χ1n) is 5.68. The number of ether oxygens (including phenoxy) is 1. The van der Waals surface area contributed by atoms with Crippen LogP contribution < -0.4 is 11.1 Å². The number of halogens is 1. The molecule has 0 spiro atoms. The van der Waals surface area contributed by atoms with E-state index in [1.165, 1.54) is 23.3 Å². The molecule has 3 N–H and O–H groups in total. The zero-order chi connectivity index (χ0) is 13.8. The van der Waals surface area contributed by atoms with Gasteiger partial charge in [0.05, 0.1) is 17.2 Å². The monoisotopic (exact) mass is 333 g/mol. The van der Waals surface area contributed by atoms with E-state index in [1.54, 1.807) is 11.3 Å². The molecule has 8 heteroatoms. The van der Waals surface area contributed by atoms with Crippen molar-refractivity contribution < 1.29 is 9.53 Å². The van der Waals surface area contributed by atoms with E-state index >= 15 is 0 Å². The molecule has 0 bridgehead atoms. The second kappa shape index (κ2) is 7.70. The minimum atomic E-state index is -0.679. The van der Waals surface area contributed by atoms with Crippen LogP contribution in [0.5, 0.6) is 0 Å². The van der Waals surface area contributed by atoms with Crippen LogP contribution in [0.4, 0.5) is 5.13 Å². The minimum Gasteiger partial charge on any atom is -0.383 e. The van der Waals surface area contributed by atoms with Crippen molar-refractivity contribution >= 4 is 46.1 Å². The van der Waals surface area contributed by atoms with E-state index < -0.39 is 6.04 Å². The summed E-state index contributed by atoms with van der Waals surface area (Å²) in [5.41, 5.74) is 6.51. The molecule has 0 saturated carbocycles. The summed E-state index contributed by atoms with van der Waals surface area (Å²) in [7, 11) is 1.51. The molecule has 1 atom stereocenters. The predicted molar refractivity (Wildman–Crippen MR) is 85.9 cm³/mol. The molecular weight excluding hydrogens is 318 g/mol. The lowest BCUT2D eigenvalue weighted by Gasteiger charge is -2.08. The van der Waals surface area contributed by atoms with Gasteiger partial charge in [0.2, 0.25) is 5.91 Å². The van der Waals surface area contributed by atoms with E-state index in [1.807, 2.05) is 24.4 Å². The van der Waals surface area contributed by atoms with E-state index in [2.05, 4.69) is 10.3 Å². The molecule has 0 aliphatic carbocycles. The Morgan fingerprint density at radius 2 is 2.30 bits per heavy atom. The average molecular weight is 334 g/mol.